The molecule has 0 fully saturated rings. The summed E-state index contributed by atoms with van der Waals surface area (Å²) in [7, 11) is 0. The zero-order valence-corrected chi connectivity index (χ0v) is 16.8. The molecule has 1 aliphatic heterocycles. The van der Waals surface area contributed by atoms with Gasteiger partial charge >= 0.3 is 0 Å². The van der Waals surface area contributed by atoms with Crippen LogP contribution in [0.15, 0.2) is 66.9 Å². The van der Waals surface area contributed by atoms with E-state index in [1.807, 2.05) is 6.20 Å². The van der Waals surface area contributed by atoms with Gasteiger partial charge in [-0.2, -0.15) is 4.98 Å². The van der Waals surface area contributed by atoms with Gasteiger partial charge in [-0.3, -0.25) is 4.90 Å². The number of hydrogen-bond donors (Lipinski definition) is 2. The maximum atomic E-state index is 5.87. The summed E-state index contributed by atoms with van der Waals surface area (Å²) in [6, 6.07) is 17.0. The number of aromatic nitrogens is 2. The summed E-state index contributed by atoms with van der Waals surface area (Å²) >= 11 is 0. The fraction of sp³-hybridized carbons (Fsp3) is 0.250. The van der Waals surface area contributed by atoms with Gasteiger partial charge in [-0.15, -0.1) is 0 Å². The Balaban J connectivity index is 1.52. The molecule has 0 unspecified atom stereocenters. The van der Waals surface area contributed by atoms with Crippen molar-refractivity contribution >= 4 is 11.8 Å². The number of anilines is 2. The van der Waals surface area contributed by atoms with Crippen LogP contribution >= 0.6 is 0 Å². The summed E-state index contributed by atoms with van der Waals surface area (Å²) in [5.41, 5.74) is 11.5. The highest BCUT2D eigenvalue weighted by atomic mass is 15.1. The number of aryl methyl sites for hydroxylation is 1. The molecule has 5 nitrogen and oxygen atoms in total. The minimum atomic E-state index is 0.287. The molecule has 1 aromatic heterocycles. The van der Waals surface area contributed by atoms with Gasteiger partial charge < -0.3 is 11.1 Å². The van der Waals surface area contributed by atoms with Crippen LogP contribution in [0.1, 0.15) is 12.0 Å². The van der Waals surface area contributed by atoms with Crippen molar-refractivity contribution in [2.45, 2.75) is 13.3 Å². The van der Waals surface area contributed by atoms with Crippen LogP contribution in [0, 0.1) is 6.92 Å². The zero-order chi connectivity index (χ0) is 20.1. The van der Waals surface area contributed by atoms with Crippen LogP contribution in [0.3, 0.4) is 0 Å². The van der Waals surface area contributed by atoms with Crippen LogP contribution in [-0.2, 0) is 0 Å². The molecular weight excluding hydrogens is 358 g/mol. The minimum Gasteiger partial charge on any atom is -0.369 e. The van der Waals surface area contributed by atoms with E-state index in [1.165, 1.54) is 16.7 Å². The number of nitrogens with two attached hydrogens (primary N) is 1. The topological polar surface area (TPSA) is 67.1 Å². The minimum absolute atomic E-state index is 0.287. The predicted octanol–water partition coefficient (Wildman–Crippen LogP) is 4.38. The van der Waals surface area contributed by atoms with Crippen molar-refractivity contribution in [2.75, 3.05) is 37.2 Å². The Bertz CT molecular complexity index is 1000. The van der Waals surface area contributed by atoms with Gasteiger partial charge in [0.1, 0.15) is 5.82 Å². The molecule has 0 aliphatic carbocycles. The van der Waals surface area contributed by atoms with E-state index in [0.29, 0.717) is 0 Å². The first kappa shape index (κ1) is 19.2. The molecule has 0 amide bonds. The van der Waals surface area contributed by atoms with Gasteiger partial charge in [-0.05, 0) is 36.1 Å². The Hall–Kier alpha value is -3.18. The van der Waals surface area contributed by atoms with Gasteiger partial charge in [0, 0.05) is 37.9 Å². The van der Waals surface area contributed by atoms with E-state index in [1.54, 1.807) is 0 Å². The Morgan fingerprint density at radius 1 is 1.00 bits per heavy atom. The normalized spacial score (nSPS) is 13.7. The molecule has 2 heterocycles. The first-order valence-corrected chi connectivity index (χ1v) is 10.1. The van der Waals surface area contributed by atoms with Gasteiger partial charge in [0.25, 0.3) is 0 Å². The maximum Gasteiger partial charge on any atom is 0.221 e. The molecular formula is C24H27N5. The lowest BCUT2D eigenvalue weighted by molar-refractivity contribution is 0.351. The van der Waals surface area contributed by atoms with Gasteiger partial charge in [0.2, 0.25) is 5.95 Å². The molecule has 3 N–H and O–H groups in total. The summed E-state index contributed by atoms with van der Waals surface area (Å²) < 4.78 is 0. The van der Waals surface area contributed by atoms with Gasteiger partial charge in [0.05, 0.1) is 0 Å². The molecule has 3 aromatic rings. The smallest absolute Gasteiger partial charge is 0.221 e. The summed E-state index contributed by atoms with van der Waals surface area (Å²) in [6.45, 7) is 6.13. The number of benzene rings is 2. The molecule has 0 saturated heterocycles. The van der Waals surface area contributed by atoms with E-state index >= 15 is 0 Å². The second kappa shape index (κ2) is 8.88. The van der Waals surface area contributed by atoms with E-state index in [9.17, 15) is 0 Å². The van der Waals surface area contributed by atoms with Crippen molar-refractivity contribution in [3.63, 3.8) is 0 Å². The van der Waals surface area contributed by atoms with E-state index in [2.05, 4.69) is 87.8 Å². The SMILES string of the molecule is Cc1cccc(-c2cccc(-c3cnc(N)nc3NCCCN3CC=CC3)c2)c1. The van der Waals surface area contributed by atoms with E-state index in [0.717, 1.165) is 49.5 Å². The molecule has 0 saturated carbocycles. The van der Waals surface area contributed by atoms with Crippen molar-refractivity contribution in [3.05, 3.63) is 72.4 Å². The average Bonchev–Trinajstić information content (AvgIpc) is 3.25. The fourth-order valence-corrected chi connectivity index (χ4v) is 3.65. The summed E-state index contributed by atoms with van der Waals surface area (Å²) in [5.74, 6) is 1.08. The van der Waals surface area contributed by atoms with Crippen molar-refractivity contribution in [1.29, 1.82) is 0 Å². The molecule has 29 heavy (non-hydrogen) atoms. The van der Waals surface area contributed by atoms with E-state index in [-0.39, 0.29) is 5.95 Å². The third-order valence-electron chi connectivity index (χ3n) is 5.17. The number of nitrogen functional groups attached to an aromatic ring is 1. The Kier molecular flexibility index (Phi) is 5.86. The number of nitrogens with one attached hydrogen (secondary N) is 1. The predicted molar refractivity (Wildman–Crippen MR) is 121 cm³/mol. The van der Waals surface area contributed by atoms with Crippen LogP contribution in [0.25, 0.3) is 22.3 Å². The monoisotopic (exact) mass is 385 g/mol. The van der Waals surface area contributed by atoms with Crippen LogP contribution in [0.2, 0.25) is 0 Å². The third-order valence-corrected chi connectivity index (χ3v) is 5.17. The highest BCUT2D eigenvalue weighted by Gasteiger charge is 2.11. The number of hydrogen-bond acceptors (Lipinski definition) is 5. The molecule has 1 aliphatic rings. The second-order valence-electron chi connectivity index (χ2n) is 7.45. The Labute approximate surface area is 172 Å². The third kappa shape index (κ3) is 4.81. The standard InChI is InChI=1S/C24H27N5/c1-18-7-4-8-19(15-18)20-9-5-10-21(16-20)22-17-27-24(25)28-23(22)26-11-6-14-29-12-2-3-13-29/h2-5,7-10,15-17H,6,11-14H2,1H3,(H3,25,26,27,28). The lowest BCUT2D eigenvalue weighted by atomic mass is 9.99. The second-order valence-corrected chi connectivity index (χ2v) is 7.45. The first-order valence-electron chi connectivity index (χ1n) is 10.1. The summed E-state index contributed by atoms with van der Waals surface area (Å²) in [6.07, 6.45) is 7.30. The lowest BCUT2D eigenvalue weighted by Gasteiger charge is -2.16. The van der Waals surface area contributed by atoms with Gasteiger partial charge in [-0.25, -0.2) is 4.98 Å². The van der Waals surface area contributed by atoms with Gasteiger partial charge in [-0.1, -0.05) is 60.2 Å². The molecule has 2 aromatic carbocycles. The molecule has 5 heteroatoms. The first-order chi connectivity index (χ1) is 14.2. The Morgan fingerprint density at radius 3 is 2.52 bits per heavy atom. The number of nitrogens with zero attached hydrogens (tertiary/aromatic N) is 3. The van der Waals surface area contributed by atoms with E-state index in [4.69, 9.17) is 5.73 Å². The quantitative estimate of drug-likeness (QED) is 0.467. The lowest BCUT2D eigenvalue weighted by Crippen LogP contribution is -2.23. The summed E-state index contributed by atoms with van der Waals surface area (Å²) in [5, 5.41) is 3.47. The van der Waals surface area contributed by atoms with Crippen molar-refractivity contribution in [3.8, 4) is 22.3 Å². The molecule has 0 spiro atoms. The van der Waals surface area contributed by atoms with Crippen LogP contribution < -0.4 is 11.1 Å². The maximum absolute atomic E-state index is 5.87. The zero-order valence-electron chi connectivity index (χ0n) is 16.8. The van der Waals surface area contributed by atoms with Gasteiger partial charge in [0.15, 0.2) is 0 Å². The number of rotatable bonds is 7. The van der Waals surface area contributed by atoms with Crippen LogP contribution in [0.4, 0.5) is 11.8 Å². The molecule has 0 atom stereocenters. The molecule has 148 valence electrons. The molecule has 0 radical (unpaired) electrons. The fourth-order valence-electron chi connectivity index (χ4n) is 3.65. The van der Waals surface area contributed by atoms with Crippen molar-refractivity contribution in [2.24, 2.45) is 0 Å². The van der Waals surface area contributed by atoms with Crippen molar-refractivity contribution < 1.29 is 0 Å². The Morgan fingerprint density at radius 2 is 1.72 bits per heavy atom. The van der Waals surface area contributed by atoms with E-state index < -0.39 is 0 Å². The highest BCUT2D eigenvalue weighted by molar-refractivity contribution is 5.79. The van der Waals surface area contributed by atoms with Crippen molar-refractivity contribution in [1.82, 2.24) is 14.9 Å². The highest BCUT2D eigenvalue weighted by Crippen LogP contribution is 2.30. The average molecular weight is 386 g/mol. The summed E-state index contributed by atoms with van der Waals surface area (Å²) in [4.78, 5) is 11.1. The van der Waals surface area contributed by atoms with Crippen LogP contribution in [-0.4, -0.2) is 41.0 Å². The van der Waals surface area contributed by atoms with Crippen LogP contribution in [0.5, 0.6) is 0 Å². The molecule has 0 bridgehead atoms. The molecule has 4 rings (SSSR count). The largest absolute Gasteiger partial charge is 0.369 e.